The molecule has 0 aromatic heterocycles. The van der Waals surface area contributed by atoms with Crippen LogP contribution in [0.1, 0.15) is 33.1 Å². The average molecular weight is 172 g/mol. The van der Waals surface area contributed by atoms with Crippen molar-refractivity contribution in [3.63, 3.8) is 0 Å². The van der Waals surface area contributed by atoms with Crippen LogP contribution in [-0.4, -0.2) is 11.8 Å². The lowest BCUT2D eigenvalue weighted by atomic mass is 9.83. The molecule has 0 spiro atoms. The zero-order chi connectivity index (χ0) is 9.78. The zero-order valence-electron chi connectivity index (χ0n) is 7.59. The Morgan fingerprint density at radius 3 is 1.92 bits per heavy atom. The maximum Gasteiger partial charge on any atom is 0.232 e. The highest BCUT2D eigenvalue weighted by Gasteiger charge is 2.36. The highest BCUT2D eigenvalue weighted by molar-refractivity contribution is 6.03. The van der Waals surface area contributed by atoms with Crippen molar-refractivity contribution in [2.24, 2.45) is 16.9 Å². The van der Waals surface area contributed by atoms with Gasteiger partial charge in [-0.05, 0) is 13.3 Å². The topological polar surface area (TPSA) is 86.2 Å². The Bertz CT molecular complexity index is 175. The fourth-order valence-corrected chi connectivity index (χ4v) is 0.898. The summed E-state index contributed by atoms with van der Waals surface area (Å²) in [4.78, 5) is 21.8. The second kappa shape index (κ2) is 4.09. The largest absolute Gasteiger partial charge is 0.369 e. The van der Waals surface area contributed by atoms with Crippen LogP contribution >= 0.6 is 0 Å². The number of nitrogens with two attached hydrogens (primary N) is 2. The number of hydrogen-bond acceptors (Lipinski definition) is 2. The molecule has 0 atom stereocenters. The Labute approximate surface area is 72.3 Å². The molecule has 0 aliphatic carbocycles. The first-order chi connectivity index (χ1) is 5.45. The highest BCUT2D eigenvalue weighted by atomic mass is 16.2. The Morgan fingerprint density at radius 2 is 1.67 bits per heavy atom. The first-order valence-electron chi connectivity index (χ1n) is 4.05. The summed E-state index contributed by atoms with van der Waals surface area (Å²) in [5.74, 6) is -1.27. The van der Waals surface area contributed by atoms with Crippen LogP contribution in [-0.2, 0) is 9.59 Å². The van der Waals surface area contributed by atoms with Crippen molar-refractivity contribution < 1.29 is 9.59 Å². The van der Waals surface area contributed by atoms with E-state index in [4.69, 9.17) is 11.5 Å². The highest BCUT2D eigenvalue weighted by Crippen LogP contribution is 2.22. The molecule has 0 saturated carbocycles. The molecule has 0 radical (unpaired) electrons. The summed E-state index contributed by atoms with van der Waals surface area (Å²) in [5.41, 5.74) is 8.98. The van der Waals surface area contributed by atoms with Crippen molar-refractivity contribution in [1.82, 2.24) is 0 Å². The molecule has 4 nitrogen and oxygen atoms in total. The Hall–Kier alpha value is -1.06. The third-order valence-electron chi connectivity index (χ3n) is 2.12. The van der Waals surface area contributed by atoms with E-state index in [1.165, 1.54) is 6.92 Å². The monoisotopic (exact) mass is 172 g/mol. The first kappa shape index (κ1) is 10.9. The molecular formula is C8H16N2O2. The van der Waals surface area contributed by atoms with E-state index in [1.54, 1.807) is 0 Å². The minimum atomic E-state index is -1.17. The molecule has 0 heterocycles. The van der Waals surface area contributed by atoms with E-state index in [1.807, 2.05) is 6.92 Å². The quantitative estimate of drug-likeness (QED) is 0.578. The fourth-order valence-electron chi connectivity index (χ4n) is 0.898. The second-order valence-corrected chi connectivity index (χ2v) is 3.16. The van der Waals surface area contributed by atoms with Gasteiger partial charge in [-0.2, -0.15) is 0 Å². The van der Waals surface area contributed by atoms with E-state index in [-0.39, 0.29) is 0 Å². The Morgan fingerprint density at radius 1 is 1.25 bits per heavy atom. The van der Waals surface area contributed by atoms with Gasteiger partial charge in [0, 0.05) is 0 Å². The van der Waals surface area contributed by atoms with Crippen LogP contribution in [0.2, 0.25) is 0 Å². The minimum Gasteiger partial charge on any atom is -0.369 e. The molecule has 12 heavy (non-hydrogen) atoms. The van der Waals surface area contributed by atoms with Gasteiger partial charge < -0.3 is 11.5 Å². The van der Waals surface area contributed by atoms with Crippen molar-refractivity contribution in [1.29, 1.82) is 0 Å². The Balaban J connectivity index is 4.40. The van der Waals surface area contributed by atoms with Crippen molar-refractivity contribution >= 4 is 11.8 Å². The van der Waals surface area contributed by atoms with Crippen molar-refractivity contribution in [3.8, 4) is 0 Å². The molecule has 0 fully saturated rings. The molecule has 0 aliphatic heterocycles. The van der Waals surface area contributed by atoms with E-state index >= 15 is 0 Å². The number of carbonyl (C=O) groups is 2. The predicted molar refractivity (Wildman–Crippen MR) is 46.0 cm³/mol. The van der Waals surface area contributed by atoms with Crippen molar-refractivity contribution in [2.45, 2.75) is 33.1 Å². The van der Waals surface area contributed by atoms with Crippen molar-refractivity contribution in [3.05, 3.63) is 0 Å². The van der Waals surface area contributed by atoms with Crippen LogP contribution in [0.5, 0.6) is 0 Å². The van der Waals surface area contributed by atoms with E-state index in [0.29, 0.717) is 6.42 Å². The van der Waals surface area contributed by atoms with Crippen LogP contribution in [0.4, 0.5) is 0 Å². The van der Waals surface area contributed by atoms with Crippen LogP contribution in [0.15, 0.2) is 0 Å². The van der Waals surface area contributed by atoms with Crippen LogP contribution in [0.3, 0.4) is 0 Å². The van der Waals surface area contributed by atoms with Gasteiger partial charge in [-0.1, -0.05) is 19.8 Å². The number of unbranched alkanes of at least 4 members (excludes halogenated alkanes) is 1. The SMILES string of the molecule is CCCCC(C)(C(N)=O)C(N)=O. The molecule has 0 rings (SSSR count). The zero-order valence-corrected chi connectivity index (χ0v) is 7.59. The molecule has 0 aromatic carbocycles. The van der Waals surface area contributed by atoms with E-state index in [0.717, 1.165) is 12.8 Å². The number of rotatable bonds is 5. The molecule has 70 valence electrons. The van der Waals surface area contributed by atoms with Gasteiger partial charge in [0.25, 0.3) is 0 Å². The average Bonchev–Trinajstić information content (AvgIpc) is 1.99. The summed E-state index contributed by atoms with van der Waals surface area (Å²) in [6, 6.07) is 0. The molecule has 4 N–H and O–H groups in total. The van der Waals surface area contributed by atoms with Gasteiger partial charge in [0.05, 0.1) is 0 Å². The first-order valence-corrected chi connectivity index (χ1v) is 4.05. The maximum absolute atomic E-state index is 10.9. The van der Waals surface area contributed by atoms with Crippen LogP contribution in [0, 0.1) is 5.41 Å². The molecule has 0 bridgehead atoms. The smallest absolute Gasteiger partial charge is 0.232 e. The summed E-state index contributed by atoms with van der Waals surface area (Å²) in [5, 5.41) is 0. The third kappa shape index (κ3) is 2.22. The lowest BCUT2D eigenvalue weighted by Gasteiger charge is -2.21. The standard InChI is InChI=1S/C8H16N2O2/c1-3-4-5-8(2,6(9)11)7(10)12/h3-5H2,1-2H3,(H2,9,11)(H2,10,12). The van der Waals surface area contributed by atoms with Crippen LogP contribution in [0.25, 0.3) is 0 Å². The van der Waals surface area contributed by atoms with Crippen molar-refractivity contribution in [2.75, 3.05) is 0 Å². The molecular weight excluding hydrogens is 156 g/mol. The van der Waals surface area contributed by atoms with Gasteiger partial charge >= 0.3 is 0 Å². The maximum atomic E-state index is 10.9. The lowest BCUT2D eigenvalue weighted by Crippen LogP contribution is -2.45. The predicted octanol–water partition coefficient (Wildman–Crippen LogP) is 0.153. The molecule has 0 aromatic rings. The summed E-state index contributed by atoms with van der Waals surface area (Å²) in [6.07, 6.45) is 2.13. The molecule has 0 unspecified atom stereocenters. The summed E-state index contributed by atoms with van der Waals surface area (Å²) >= 11 is 0. The Kier molecular flexibility index (Phi) is 3.73. The normalized spacial score (nSPS) is 11.2. The summed E-state index contributed by atoms with van der Waals surface area (Å²) in [6.45, 7) is 3.47. The third-order valence-corrected chi connectivity index (χ3v) is 2.12. The van der Waals surface area contributed by atoms with Gasteiger partial charge in [0.2, 0.25) is 11.8 Å². The van der Waals surface area contributed by atoms with Gasteiger partial charge in [-0.25, -0.2) is 0 Å². The number of primary amides is 2. The summed E-state index contributed by atoms with van der Waals surface area (Å²) < 4.78 is 0. The van der Waals surface area contributed by atoms with E-state index in [2.05, 4.69) is 0 Å². The van der Waals surface area contributed by atoms with Crippen LogP contribution < -0.4 is 11.5 Å². The van der Waals surface area contributed by atoms with E-state index < -0.39 is 17.2 Å². The molecule has 0 saturated heterocycles. The van der Waals surface area contributed by atoms with Gasteiger partial charge in [0.15, 0.2) is 0 Å². The fraction of sp³-hybridized carbons (Fsp3) is 0.750. The van der Waals surface area contributed by atoms with Gasteiger partial charge in [-0.15, -0.1) is 0 Å². The molecule has 0 aliphatic rings. The second-order valence-electron chi connectivity index (χ2n) is 3.16. The van der Waals surface area contributed by atoms with E-state index in [9.17, 15) is 9.59 Å². The molecule has 2 amide bonds. The van der Waals surface area contributed by atoms with Gasteiger partial charge in [0.1, 0.15) is 5.41 Å². The summed E-state index contributed by atoms with van der Waals surface area (Å²) in [7, 11) is 0. The molecule has 4 heteroatoms. The number of carbonyl (C=O) groups excluding carboxylic acids is 2. The lowest BCUT2D eigenvalue weighted by molar-refractivity contribution is -0.139. The number of amides is 2. The number of hydrogen-bond donors (Lipinski definition) is 2. The van der Waals surface area contributed by atoms with Gasteiger partial charge in [-0.3, -0.25) is 9.59 Å². The minimum absolute atomic E-state index is 0.439.